The number of nitrogens with zero attached hydrogens (tertiary/aromatic N) is 3. The molecule has 0 bridgehead atoms. The molecule has 0 aliphatic carbocycles. The number of piperidine rings is 1. The van der Waals surface area contributed by atoms with Crippen LogP contribution in [0.25, 0.3) is 22.0 Å². The third kappa shape index (κ3) is 6.96. The predicted octanol–water partition coefficient (Wildman–Crippen LogP) is 5.34. The number of anilines is 2. The van der Waals surface area contributed by atoms with E-state index in [9.17, 15) is 21.6 Å². The lowest BCUT2D eigenvalue weighted by atomic mass is 10.1. The highest BCUT2D eigenvalue weighted by molar-refractivity contribution is 7.92. The number of ether oxygens (including phenoxy) is 1. The van der Waals surface area contributed by atoms with Crippen LogP contribution < -0.4 is 20.1 Å². The van der Waals surface area contributed by atoms with Gasteiger partial charge in [-0.15, -0.1) is 0 Å². The van der Waals surface area contributed by atoms with Crippen LogP contribution in [-0.4, -0.2) is 54.4 Å². The van der Waals surface area contributed by atoms with Gasteiger partial charge < -0.3 is 15.4 Å². The van der Waals surface area contributed by atoms with E-state index in [0.717, 1.165) is 25.9 Å². The lowest BCUT2D eigenvalue weighted by Gasteiger charge is -2.23. The third-order valence-electron chi connectivity index (χ3n) is 6.34. The Morgan fingerprint density at radius 1 is 1.00 bits per heavy atom. The molecule has 1 aliphatic heterocycles. The average molecular weight is 573 g/mol. The molecular formula is C27H27F3N6O3S. The first-order chi connectivity index (χ1) is 19.2. The van der Waals surface area contributed by atoms with E-state index in [4.69, 9.17) is 4.74 Å². The van der Waals surface area contributed by atoms with E-state index in [0.29, 0.717) is 33.7 Å². The van der Waals surface area contributed by atoms with E-state index in [1.54, 1.807) is 54.9 Å². The van der Waals surface area contributed by atoms with Crippen LogP contribution in [0.3, 0.4) is 0 Å². The van der Waals surface area contributed by atoms with Gasteiger partial charge in [0.25, 0.3) is 0 Å². The first kappa shape index (κ1) is 27.6. The highest BCUT2D eigenvalue weighted by Crippen LogP contribution is 2.37. The smallest absolute Gasteiger partial charge is 0.390 e. The van der Waals surface area contributed by atoms with Gasteiger partial charge >= 0.3 is 6.18 Å². The number of halogens is 3. The second-order valence-electron chi connectivity index (χ2n) is 9.35. The zero-order valence-electron chi connectivity index (χ0n) is 21.3. The molecule has 5 rings (SSSR count). The van der Waals surface area contributed by atoms with Crippen molar-refractivity contribution < 1.29 is 26.3 Å². The number of fused-ring (bicyclic) bond motifs is 1. The molecule has 2 aromatic carbocycles. The molecule has 0 radical (unpaired) electrons. The first-order valence-electron chi connectivity index (χ1n) is 12.7. The summed E-state index contributed by atoms with van der Waals surface area (Å²) in [5, 5.41) is 7.72. The predicted molar refractivity (Wildman–Crippen MR) is 147 cm³/mol. The Morgan fingerprint density at radius 3 is 2.60 bits per heavy atom. The van der Waals surface area contributed by atoms with Crippen LogP contribution in [0.5, 0.6) is 11.6 Å². The Bertz CT molecular complexity index is 1590. The van der Waals surface area contributed by atoms with Gasteiger partial charge in [0.05, 0.1) is 29.1 Å². The maximum Gasteiger partial charge on any atom is 0.390 e. The Balaban J connectivity index is 1.41. The minimum absolute atomic E-state index is 0.148. The third-order valence-corrected chi connectivity index (χ3v) is 7.62. The minimum Gasteiger partial charge on any atom is -0.438 e. The molecule has 210 valence electrons. The van der Waals surface area contributed by atoms with E-state index < -0.39 is 28.4 Å². The van der Waals surface area contributed by atoms with Gasteiger partial charge in [0.1, 0.15) is 5.75 Å². The zero-order chi connectivity index (χ0) is 28.2. The lowest BCUT2D eigenvalue weighted by Crippen LogP contribution is -2.38. The van der Waals surface area contributed by atoms with Crippen LogP contribution in [0, 0.1) is 0 Å². The van der Waals surface area contributed by atoms with E-state index >= 15 is 0 Å². The number of rotatable bonds is 9. The van der Waals surface area contributed by atoms with Gasteiger partial charge in [-0.25, -0.2) is 23.4 Å². The number of aromatic nitrogens is 3. The van der Waals surface area contributed by atoms with Crippen molar-refractivity contribution >= 4 is 32.4 Å². The number of sulfonamides is 1. The summed E-state index contributed by atoms with van der Waals surface area (Å²) in [7, 11) is -4.24. The van der Waals surface area contributed by atoms with Crippen molar-refractivity contribution in [1.29, 1.82) is 0 Å². The van der Waals surface area contributed by atoms with E-state index in [1.807, 2.05) is 6.07 Å². The monoisotopic (exact) mass is 572 g/mol. The molecule has 1 saturated heterocycles. The summed E-state index contributed by atoms with van der Waals surface area (Å²) in [6, 6.07) is 15.4. The number of nitrogens with one attached hydrogen (secondary N) is 3. The Morgan fingerprint density at radius 2 is 1.82 bits per heavy atom. The van der Waals surface area contributed by atoms with Crippen molar-refractivity contribution in [3.63, 3.8) is 0 Å². The van der Waals surface area contributed by atoms with Gasteiger partial charge in [0, 0.05) is 35.8 Å². The Labute approximate surface area is 229 Å². The molecule has 0 saturated carbocycles. The van der Waals surface area contributed by atoms with Gasteiger partial charge in [-0.2, -0.15) is 13.2 Å². The molecular weight excluding hydrogens is 545 g/mol. The number of hydrogen-bond acceptors (Lipinski definition) is 8. The zero-order valence-corrected chi connectivity index (χ0v) is 22.1. The largest absolute Gasteiger partial charge is 0.438 e. The summed E-state index contributed by atoms with van der Waals surface area (Å²) in [6.07, 6.45) is -0.696. The summed E-state index contributed by atoms with van der Waals surface area (Å²) in [4.78, 5) is 13.4. The Hall–Kier alpha value is -3.97. The number of pyridine rings is 1. The van der Waals surface area contributed by atoms with Crippen molar-refractivity contribution in [3.8, 4) is 22.9 Å². The highest BCUT2D eigenvalue weighted by Gasteiger charge is 2.30. The van der Waals surface area contributed by atoms with Crippen molar-refractivity contribution in [2.75, 3.05) is 28.9 Å². The maximum absolute atomic E-state index is 12.6. The molecule has 3 N–H and O–H groups in total. The first-order valence-corrected chi connectivity index (χ1v) is 14.3. The van der Waals surface area contributed by atoms with Gasteiger partial charge in [-0.3, -0.25) is 4.72 Å². The second-order valence-corrected chi connectivity index (χ2v) is 11.2. The Kier molecular flexibility index (Phi) is 8.03. The fourth-order valence-electron chi connectivity index (χ4n) is 4.43. The molecule has 2 aromatic heterocycles. The standard InChI is InChI=1S/C27H27F3N6O3S/c28-27(29,30)12-16-40(37,38)36-23-9-10-24(20-7-2-1-6-19(20)23)39-25-21(8-4-14-32-25)22-11-15-33-26(35-22)34-18-5-3-13-31-17-18/h1-2,4,6-11,14-15,18,31,36H,3,5,12-13,16-17H2,(H,33,34,35)/t18-/m0/s1. The molecule has 1 aliphatic rings. The maximum atomic E-state index is 12.6. The van der Waals surface area contributed by atoms with Crippen LogP contribution in [0.2, 0.25) is 0 Å². The van der Waals surface area contributed by atoms with E-state index in [-0.39, 0.29) is 17.6 Å². The average Bonchev–Trinajstić information content (AvgIpc) is 2.94. The molecule has 1 atom stereocenters. The van der Waals surface area contributed by atoms with Gasteiger partial charge in [-0.1, -0.05) is 24.3 Å². The van der Waals surface area contributed by atoms with E-state index in [2.05, 4.69) is 30.3 Å². The van der Waals surface area contributed by atoms with Gasteiger partial charge in [0.15, 0.2) is 0 Å². The molecule has 3 heterocycles. The highest BCUT2D eigenvalue weighted by atomic mass is 32.2. The van der Waals surface area contributed by atoms with Crippen molar-refractivity contribution in [1.82, 2.24) is 20.3 Å². The quantitative estimate of drug-likeness (QED) is 0.246. The van der Waals surface area contributed by atoms with Crippen molar-refractivity contribution in [3.05, 3.63) is 67.0 Å². The number of hydrogen-bond donors (Lipinski definition) is 3. The van der Waals surface area contributed by atoms with Gasteiger partial charge in [-0.05, 0) is 49.7 Å². The van der Waals surface area contributed by atoms with Crippen LogP contribution in [-0.2, 0) is 10.0 Å². The molecule has 0 amide bonds. The summed E-state index contributed by atoms with van der Waals surface area (Å²) < 4.78 is 71.0. The summed E-state index contributed by atoms with van der Waals surface area (Å²) in [5.41, 5.74) is 1.37. The fraction of sp³-hybridized carbons (Fsp3) is 0.296. The van der Waals surface area contributed by atoms with Crippen LogP contribution in [0.15, 0.2) is 67.0 Å². The van der Waals surface area contributed by atoms with E-state index in [1.165, 1.54) is 6.07 Å². The second kappa shape index (κ2) is 11.6. The summed E-state index contributed by atoms with van der Waals surface area (Å²) >= 11 is 0. The lowest BCUT2D eigenvalue weighted by molar-refractivity contribution is -0.129. The molecule has 40 heavy (non-hydrogen) atoms. The topological polar surface area (TPSA) is 118 Å². The number of alkyl halides is 3. The summed E-state index contributed by atoms with van der Waals surface area (Å²) in [6.45, 7) is 1.82. The molecule has 13 heteroatoms. The van der Waals surface area contributed by atoms with Crippen LogP contribution in [0.1, 0.15) is 19.3 Å². The van der Waals surface area contributed by atoms with Crippen LogP contribution in [0.4, 0.5) is 24.8 Å². The van der Waals surface area contributed by atoms with Crippen LogP contribution >= 0.6 is 0 Å². The molecule has 4 aromatic rings. The minimum atomic E-state index is -4.58. The molecule has 0 spiro atoms. The van der Waals surface area contributed by atoms with Gasteiger partial charge in [0.2, 0.25) is 21.9 Å². The normalized spacial score (nSPS) is 16.0. The fourth-order valence-corrected chi connectivity index (χ4v) is 5.54. The van der Waals surface area contributed by atoms with Crippen molar-refractivity contribution in [2.45, 2.75) is 31.5 Å². The molecule has 9 nitrogen and oxygen atoms in total. The molecule has 1 fully saturated rings. The van der Waals surface area contributed by atoms with Crippen molar-refractivity contribution in [2.24, 2.45) is 0 Å². The summed E-state index contributed by atoms with van der Waals surface area (Å²) in [5.74, 6) is 0.0752. The SMILES string of the molecule is O=S(=O)(CCC(F)(F)F)Nc1ccc(Oc2ncccc2-c2ccnc(N[C@H]3CCCNC3)n2)c2ccccc12. The molecule has 0 unspecified atom stereocenters. The number of benzene rings is 2.